The zero-order chi connectivity index (χ0) is 19.3. The number of hydrogen-bond donors (Lipinski definition) is 1. The van der Waals surface area contributed by atoms with E-state index in [-0.39, 0.29) is 30.2 Å². The Kier molecular flexibility index (Phi) is 4.27. The molecule has 7 nitrogen and oxygen atoms in total. The van der Waals surface area contributed by atoms with E-state index in [2.05, 4.69) is 34.1 Å². The van der Waals surface area contributed by atoms with E-state index < -0.39 is 0 Å². The number of aromatic amines is 1. The smallest absolute Gasteiger partial charge is 0.410 e. The molecule has 0 unspecified atom stereocenters. The lowest BCUT2D eigenvalue weighted by atomic mass is 10.00. The molecule has 0 saturated carbocycles. The van der Waals surface area contributed by atoms with E-state index >= 15 is 0 Å². The first-order chi connectivity index (χ1) is 13.6. The van der Waals surface area contributed by atoms with Crippen LogP contribution in [0.1, 0.15) is 25.3 Å². The van der Waals surface area contributed by atoms with Crippen LogP contribution in [0.3, 0.4) is 0 Å². The molecule has 3 aliphatic rings. The largest absolute Gasteiger partial charge is 0.442 e. The fourth-order valence-corrected chi connectivity index (χ4v) is 5.03. The van der Waals surface area contributed by atoms with Crippen LogP contribution in [-0.4, -0.2) is 76.1 Å². The quantitative estimate of drug-likeness (QED) is 0.884. The van der Waals surface area contributed by atoms with Crippen molar-refractivity contribution in [3.63, 3.8) is 0 Å². The van der Waals surface area contributed by atoms with E-state index in [1.54, 1.807) is 11.8 Å². The molecule has 28 heavy (non-hydrogen) atoms. The standard InChI is InChI=1S/C21H26N4O3/c1-14(26)24-12-19-20(13-24)28-21(27)25(19)16-6-9-23(10-7-16)11-15-3-2-4-18-17(15)5-8-22-18/h2-5,8,16,19-20,22H,6-7,9-13H2,1H3/t19-,20+/m1/s1. The number of likely N-dealkylation sites (tertiary alicyclic amines) is 2. The van der Waals surface area contributed by atoms with Crippen LogP contribution < -0.4 is 0 Å². The molecule has 2 amide bonds. The Morgan fingerprint density at radius 1 is 1.21 bits per heavy atom. The molecule has 2 atom stereocenters. The van der Waals surface area contributed by atoms with Gasteiger partial charge < -0.3 is 14.6 Å². The summed E-state index contributed by atoms with van der Waals surface area (Å²) in [7, 11) is 0. The Morgan fingerprint density at radius 3 is 2.82 bits per heavy atom. The summed E-state index contributed by atoms with van der Waals surface area (Å²) in [4.78, 5) is 33.6. The van der Waals surface area contributed by atoms with E-state index in [0.29, 0.717) is 13.1 Å². The second-order valence-electron chi connectivity index (χ2n) is 8.18. The van der Waals surface area contributed by atoms with Crippen LogP contribution in [0.4, 0.5) is 4.79 Å². The van der Waals surface area contributed by atoms with E-state index in [0.717, 1.165) is 32.5 Å². The van der Waals surface area contributed by atoms with Crippen LogP contribution in [0.2, 0.25) is 0 Å². The highest BCUT2D eigenvalue weighted by Gasteiger charge is 2.50. The highest BCUT2D eigenvalue weighted by atomic mass is 16.6. The van der Waals surface area contributed by atoms with E-state index in [4.69, 9.17) is 4.74 Å². The van der Waals surface area contributed by atoms with Gasteiger partial charge in [0, 0.05) is 56.2 Å². The maximum absolute atomic E-state index is 12.4. The monoisotopic (exact) mass is 382 g/mol. The number of nitrogens with zero attached hydrogens (tertiary/aromatic N) is 3. The van der Waals surface area contributed by atoms with Crippen LogP contribution in [0.5, 0.6) is 0 Å². The second-order valence-corrected chi connectivity index (χ2v) is 8.18. The van der Waals surface area contributed by atoms with Gasteiger partial charge in [-0.3, -0.25) is 14.6 Å². The van der Waals surface area contributed by atoms with Crippen molar-refractivity contribution in [2.24, 2.45) is 0 Å². The number of rotatable bonds is 3. The summed E-state index contributed by atoms with van der Waals surface area (Å²) >= 11 is 0. The molecule has 3 aliphatic heterocycles. The lowest BCUT2D eigenvalue weighted by Gasteiger charge is -2.37. The number of hydrogen-bond acceptors (Lipinski definition) is 4. The first-order valence-electron chi connectivity index (χ1n) is 10.1. The minimum atomic E-state index is -0.200. The Bertz CT molecular complexity index is 902. The topological polar surface area (TPSA) is 68.9 Å². The maximum atomic E-state index is 12.4. The van der Waals surface area contributed by atoms with Gasteiger partial charge in [-0.05, 0) is 30.5 Å². The third-order valence-electron chi connectivity index (χ3n) is 6.53. The molecule has 4 heterocycles. The van der Waals surface area contributed by atoms with Gasteiger partial charge in [0.2, 0.25) is 5.91 Å². The molecule has 148 valence electrons. The van der Waals surface area contributed by atoms with Crippen molar-refractivity contribution in [1.29, 1.82) is 0 Å². The molecule has 0 aliphatic carbocycles. The van der Waals surface area contributed by atoms with Gasteiger partial charge in [0.25, 0.3) is 0 Å². The summed E-state index contributed by atoms with van der Waals surface area (Å²) < 4.78 is 5.57. The minimum Gasteiger partial charge on any atom is -0.442 e. The fraction of sp³-hybridized carbons (Fsp3) is 0.524. The van der Waals surface area contributed by atoms with Gasteiger partial charge in [-0.15, -0.1) is 0 Å². The zero-order valence-corrected chi connectivity index (χ0v) is 16.1. The molecular weight excluding hydrogens is 356 g/mol. The molecule has 0 radical (unpaired) electrons. The molecular formula is C21H26N4O3. The predicted octanol–water partition coefficient (Wildman–Crippen LogP) is 2.18. The van der Waals surface area contributed by atoms with Crippen molar-refractivity contribution in [2.45, 2.75) is 44.5 Å². The number of nitrogens with one attached hydrogen (secondary N) is 1. The molecule has 3 fully saturated rings. The van der Waals surface area contributed by atoms with Crippen LogP contribution in [0.25, 0.3) is 10.9 Å². The molecule has 1 aromatic heterocycles. The van der Waals surface area contributed by atoms with Gasteiger partial charge in [0.05, 0.1) is 12.6 Å². The number of ether oxygens (including phenoxy) is 1. The fourth-order valence-electron chi connectivity index (χ4n) is 5.03. The Hall–Kier alpha value is -2.54. The van der Waals surface area contributed by atoms with E-state index in [1.165, 1.54) is 16.5 Å². The van der Waals surface area contributed by atoms with Crippen LogP contribution in [0.15, 0.2) is 30.5 Å². The third kappa shape index (κ3) is 2.94. The summed E-state index contributed by atoms with van der Waals surface area (Å²) in [6.07, 6.45) is 3.51. The second kappa shape index (κ2) is 6.81. The summed E-state index contributed by atoms with van der Waals surface area (Å²) in [6, 6.07) is 8.75. The maximum Gasteiger partial charge on any atom is 0.410 e. The Labute approximate surface area is 164 Å². The summed E-state index contributed by atoms with van der Waals surface area (Å²) in [6.45, 7) is 5.56. The van der Waals surface area contributed by atoms with Crippen LogP contribution in [0, 0.1) is 0 Å². The van der Waals surface area contributed by atoms with Gasteiger partial charge in [-0.2, -0.15) is 0 Å². The minimum absolute atomic E-state index is 0.0153. The number of carbonyl (C=O) groups is 2. The lowest BCUT2D eigenvalue weighted by Crippen LogP contribution is -2.50. The Balaban J connectivity index is 1.23. The van der Waals surface area contributed by atoms with E-state index in [1.807, 2.05) is 11.1 Å². The number of amides is 2. The first-order valence-corrected chi connectivity index (χ1v) is 10.1. The SMILES string of the molecule is CC(=O)N1C[C@@H]2OC(=O)N(C3CCN(Cc4cccc5[nH]ccc45)CC3)[C@@H]2C1. The average molecular weight is 382 g/mol. The number of piperidine rings is 1. The first kappa shape index (κ1) is 17.6. The highest BCUT2D eigenvalue weighted by Crippen LogP contribution is 2.32. The van der Waals surface area contributed by atoms with E-state index in [9.17, 15) is 9.59 Å². The molecule has 7 heteroatoms. The number of benzene rings is 1. The van der Waals surface area contributed by atoms with Crippen molar-refractivity contribution in [3.05, 3.63) is 36.0 Å². The molecule has 0 spiro atoms. The normalized spacial score (nSPS) is 26.1. The number of aromatic nitrogens is 1. The summed E-state index contributed by atoms with van der Waals surface area (Å²) in [5.74, 6) is 0.0548. The summed E-state index contributed by atoms with van der Waals surface area (Å²) in [5.41, 5.74) is 2.51. The number of H-pyrrole nitrogens is 1. The molecule has 3 saturated heterocycles. The molecule has 2 aromatic rings. The van der Waals surface area contributed by atoms with Gasteiger partial charge in [0.1, 0.15) is 6.10 Å². The van der Waals surface area contributed by atoms with Crippen molar-refractivity contribution in [3.8, 4) is 0 Å². The van der Waals surface area contributed by atoms with Crippen LogP contribution >= 0.6 is 0 Å². The van der Waals surface area contributed by atoms with Crippen molar-refractivity contribution < 1.29 is 14.3 Å². The predicted molar refractivity (Wildman–Crippen MR) is 105 cm³/mol. The highest BCUT2D eigenvalue weighted by molar-refractivity contribution is 5.82. The van der Waals surface area contributed by atoms with Crippen LogP contribution in [-0.2, 0) is 16.1 Å². The summed E-state index contributed by atoms with van der Waals surface area (Å²) in [5, 5.41) is 1.28. The molecule has 5 rings (SSSR count). The molecule has 1 N–H and O–H groups in total. The van der Waals surface area contributed by atoms with Gasteiger partial charge in [0.15, 0.2) is 0 Å². The number of fused-ring (bicyclic) bond motifs is 2. The van der Waals surface area contributed by atoms with Gasteiger partial charge in [-0.25, -0.2) is 4.79 Å². The lowest BCUT2D eigenvalue weighted by molar-refractivity contribution is -0.128. The molecule has 1 aromatic carbocycles. The van der Waals surface area contributed by atoms with Crippen molar-refractivity contribution in [1.82, 2.24) is 19.7 Å². The number of carbonyl (C=O) groups excluding carboxylic acids is 2. The Morgan fingerprint density at radius 2 is 2.04 bits per heavy atom. The van der Waals surface area contributed by atoms with Gasteiger partial charge >= 0.3 is 6.09 Å². The van der Waals surface area contributed by atoms with Crippen molar-refractivity contribution in [2.75, 3.05) is 26.2 Å². The van der Waals surface area contributed by atoms with Crippen molar-refractivity contribution >= 4 is 22.9 Å². The zero-order valence-electron chi connectivity index (χ0n) is 16.1. The molecule has 0 bridgehead atoms. The third-order valence-corrected chi connectivity index (χ3v) is 6.53. The van der Waals surface area contributed by atoms with Gasteiger partial charge in [-0.1, -0.05) is 12.1 Å². The average Bonchev–Trinajstić information content (AvgIpc) is 3.37.